The summed E-state index contributed by atoms with van der Waals surface area (Å²) in [6, 6.07) is 13.0. The Hall–Kier alpha value is -1.61. The second-order valence-electron chi connectivity index (χ2n) is 6.55. The molecule has 0 spiro atoms. The van der Waals surface area contributed by atoms with Gasteiger partial charge in [-0.3, -0.25) is 0 Å². The van der Waals surface area contributed by atoms with Crippen LogP contribution >= 0.6 is 15.9 Å². The molecule has 2 aromatic carbocycles. The number of hydrogen-bond acceptors (Lipinski definition) is 5. The standard InChI is InChI=1S/C20H25BrN2O4S/c1-3-27-19-9-6-17(21)14-20(19)28(24,25)22(2)15-16-4-7-18(8-5-16)23-10-12-26-13-11-23/h4-9,14H,3,10-13,15H2,1-2H3. The Labute approximate surface area is 175 Å². The van der Waals surface area contributed by atoms with Gasteiger partial charge < -0.3 is 14.4 Å². The molecule has 0 radical (unpaired) electrons. The van der Waals surface area contributed by atoms with Crippen molar-refractivity contribution in [2.24, 2.45) is 0 Å². The van der Waals surface area contributed by atoms with E-state index in [-0.39, 0.29) is 11.4 Å². The molecule has 0 amide bonds. The van der Waals surface area contributed by atoms with E-state index >= 15 is 0 Å². The zero-order valence-electron chi connectivity index (χ0n) is 16.1. The van der Waals surface area contributed by atoms with Crippen molar-refractivity contribution in [3.8, 4) is 5.75 Å². The predicted octanol–water partition coefficient (Wildman–Crippen LogP) is 3.51. The van der Waals surface area contributed by atoms with Crippen LogP contribution in [0.3, 0.4) is 0 Å². The minimum absolute atomic E-state index is 0.163. The molecule has 0 bridgehead atoms. The maximum atomic E-state index is 13.1. The lowest BCUT2D eigenvalue weighted by atomic mass is 10.2. The Bertz CT molecular complexity index is 897. The van der Waals surface area contributed by atoms with Crippen LogP contribution in [0.4, 0.5) is 5.69 Å². The lowest BCUT2D eigenvalue weighted by molar-refractivity contribution is 0.122. The summed E-state index contributed by atoms with van der Waals surface area (Å²) in [6.45, 7) is 5.72. The van der Waals surface area contributed by atoms with Gasteiger partial charge in [-0.1, -0.05) is 28.1 Å². The van der Waals surface area contributed by atoms with Gasteiger partial charge in [-0.2, -0.15) is 4.31 Å². The fraction of sp³-hybridized carbons (Fsp3) is 0.400. The predicted molar refractivity (Wildman–Crippen MR) is 113 cm³/mol. The molecule has 0 atom stereocenters. The van der Waals surface area contributed by atoms with Crippen molar-refractivity contribution in [3.05, 3.63) is 52.5 Å². The molecule has 0 saturated carbocycles. The Morgan fingerprint density at radius 2 is 1.82 bits per heavy atom. The van der Waals surface area contributed by atoms with Crippen molar-refractivity contribution in [2.75, 3.05) is 44.9 Å². The number of sulfonamides is 1. The summed E-state index contributed by atoms with van der Waals surface area (Å²) in [4.78, 5) is 2.43. The Balaban J connectivity index is 1.76. The molecule has 1 aliphatic rings. The first-order valence-electron chi connectivity index (χ1n) is 9.22. The van der Waals surface area contributed by atoms with Crippen LogP contribution in [-0.4, -0.2) is 52.7 Å². The summed E-state index contributed by atoms with van der Waals surface area (Å²) < 4.78 is 39.1. The number of nitrogens with zero attached hydrogens (tertiary/aromatic N) is 2. The van der Waals surface area contributed by atoms with Crippen molar-refractivity contribution in [3.63, 3.8) is 0 Å². The topological polar surface area (TPSA) is 59.1 Å². The highest BCUT2D eigenvalue weighted by atomic mass is 79.9. The molecular weight excluding hydrogens is 444 g/mol. The normalized spacial score (nSPS) is 15.1. The molecule has 6 nitrogen and oxygen atoms in total. The minimum Gasteiger partial charge on any atom is -0.492 e. The van der Waals surface area contributed by atoms with Gasteiger partial charge in [0.2, 0.25) is 10.0 Å². The van der Waals surface area contributed by atoms with Crippen LogP contribution in [0, 0.1) is 0 Å². The molecule has 8 heteroatoms. The van der Waals surface area contributed by atoms with Crippen molar-refractivity contribution >= 4 is 31.6 Å². The highest BCUT2D eigenvalue weighted by Gasteiger charge is 2.25. The largest absolute Gasteiger partial charge is 0.492 e. The zero-order chi connectivity index (χ0) is 20.1. The number of rotatable bonds is 7. The molecule has 0 unspecified atom stereocenters. The molecule has 1 heterocycles. The molecule has 28 heavy (non-hydrogen) atoms. The van der Waals surface area contributed by atoms with Gasteiger partial charge in [0.1, 0.15) is 10.6 Å². The smallest absolute Gasteiger partial charge is 0.246 e. The van der Waals surface area contributed by atoms with Gasteiger partial charge in [-0.25, -0.2) is 8.42 Å². The number of halogens is 1. The third kappa shape index (κ3) is 4.86. The van der Waals surface area contributed by atoms with Gasteiger partial charge in [0.15, 0.2) is 0 Å². The number of ether oxygens (including phenoxy) is 2. The number of hydrogen-bond donors (Lipinski definition) is 0. The van der Waals surface area contributed by atoms with Gasteiger partial charge >= 0.3 is 0 Å². The lowest BCUT2D eigenvalue weighted by Crippen LogP contribution is -2.36. The molecule has 1 aliphatic heterocycles. The summed E-state index contributed by atoms with van der Waals surface area (Å²) in [6.07, 6.45) is 0. The van der Waals surface area contributed by atoms with Crippen LogP contribution < -0.4 is 9.64 Å². The third-order valence-electron chi connectivity index (χ3n) is 4.61. The highest BCUT2D eigenvalue weighted by molar-refractivity contribution is 9.10. The highest BCUT2D eigenvalue weighted by Crippen LogP contribution is 2.30. The van der Waals surface area contributed by atoms with Crippen LogP contribution in [0.2, 0.25) is 0 Å². The van der Waals surface area contributed by atoms with E-state index in [1.807, 2.05) is 31.2 Å². The van der Waals surface area contributed by atoms with Gasteiger partial charge in [0.25, 0.3) is 0 Å². The van der Waals surface area contributed by atoms with Gasteiger partial charge in [0.05, 0.1) is 19.8 Å². The van der Waals surface area contributed by atoms with Crippen molar-refractivity contribution in [1.82, 2.24) is 4.31 Å². The first kappa shape index (κ1) is 21.1. The van der Waals surface area contributed by atoms with E-state index in [2.05, 4.69) is 20.8 Å². The molecule has 0 aromatic heterocycles. The summed E-state index contributed by atoms with van der Waals surface area (Å²) in [5.41, 5.74) is 2.05. The third-order valence-corrected chi connectivity index (χ3v) is 6.93. The zero-order valence-corrected chi connectivity index (χ0v) is 18.5. The second kappa shape index (κ2) is 9.26. The number of morpholine rings is 1. The van der Waals surface area contributed by atoms with E-state index in [1.165, 1.54) is 4.31 Å². The van der Waals surface area contributed by atoms with E-state index in [0.29, 0.717) is 16.8 Å². The van der Waals surface area contributed by atoms with E-state index in [9.17, 15) is 8.42 Å². The van der Waals surface area contributed by atoms with Gasteiger partial charge in [0, 0.05) is 36.8 Å². The Morgan fingerprint density at radius 3 is 2.46 bits per heavy atom. The fourth-order valence-corrected chi connectivity index (χ4v) is 4.93. The van der Waals surface area contributed by atoms with E-state index in [1.54, 1.807) is 25.2 Å². The van der Waals surface area contributed by atoms with Crippen LogP contribution in [-0.2, 0) is 21.3 Å². The second-order valence-corrected chi connectivity index (χ2v) is 9.48. The SMILES string of the molecule is CCOc1ccc(Br)cc1S(=O)(=O)N(C)Cc1ccc(N2CCOCC2)cc1. The van der Waals surface area contributed by atoms with E-state index < -0.39 is 10.0 Å². The number of benzene rings is 2. The quantitative estimate of drug-likeness (QED) is 0.622. The molecule has 0 N–H and O–H groups in total. The molecule has 2 aromatic rings. The molecule has 3 rings (SSSR count). The first-order chi connectivity index (χ1) is 13.4. The maximum Gasteiger partial charge on any atom is 0.246 e. The van der Waals surface area contributed by atoms with Gasteiger partial charge in [-0.15, -0.1) is 0 Å². The molecular formula is C20H25BrN2O4S. The summed E-state index contributed by atoms with van der Waals surface area (Å²) in [5.74, 6) is 0.361. The molecule has 152 valence electrons. The Kier molecular flexibility index (Phi) is 6.98. The van der Waals surface area contributed by atoms with E-state index in [0.717, 1.165) is 37.6 Å². The van der Waals surface area contributed by atoms with Gasteiger partial charge in [-0.05, 0) is 42.8 Å². The monoisotopic (exact) mass is 468 g/mol. The number of anilines is 1. The molecule has 1 fully saturated rings. The van der Waals surface area contributed by atoms with Crippen molar-refractivity contribution in [1.29, 1.82) is 0 Å². The van der Waals surface area contributed by atoms with Crippen LogP contribution in [0.25, 0.3) is 0 Å². The fourth-order valence-electron chi connectivity index (χ4n) is 3.10. The average Bonchev–Trinajstić information content (AvgIpc) is 2.70. The molecule has 1 saturated heterocycles. The van der Waals surface area contributed by atoms with E-state index in [4.69, 9.17) is 9.47 Å². The summed E-state index contributed by atoms with van der Waals surface area (Å²) >= 11 is 3.35. The summed E-state index contributed by atoms with van der Waals surface area (Å²) in [7, 11) is -2.11. The van der Waals surface area contributed by atoms with Crippen LogP contribution in [0.1, 0.15) is 12.5 Å². The Morgan fingerprint density at radius 1 is 1.14 bits per heavy atom. The average molecular weight is 469 g/mol. The van der Waals surface area contributed by atoms with Crippen molar-refractivity contribution < 1.29 is 17.9 Å². The first-order valence-corrected chi connectivity index (χ1v) is 11.5. The van der Waals surface area contributed by atoms with Crippen LogP contribution in [0.5, 0.6) is 5.75 Å². The van der Waals surface area contributed by atoms with Crippen LogP contribution in [0.15, 0.2) is 51.8 Å². The van der Waals surface area contributed by atoms with Crippen molar-refractivity contribution in [2.45, 2.75) is 18.4 Å². The minimum atomic E-state index is -3.69. The summed E-state index contributed by atoms with van der Waals surface area (Å²) in [5, 5.41) is 0. The maximum absolute atomic E-state index is 13.1. The molecule has 0 aliphatic carbocycles. The lowest BCUT2D eigenvalue weighted by Gasteiger charge is -2.29.